The molecule has 3 amide bonds. The van der Waals surface area contributed by atoms with Crippen LogP contribution in [-0.4, -0.2) is 25.0 Å². The lowest BCUT2D eigenvalue weighted by Gasteiger charge is -2.08. The average Bonchev–Trinajstić information content (AvgIpc) is 2.32. The Morgan fingerprint density at radius 2 is 1.74 bits per heavy atom. The van der Waals surface area contributed by atoms with Gasteiger partial charge in [-0.15, -0.1) is 0 Å². The molecule has 1 aromatic carbocycles. The van der Waals surface area contributed by atoms with Gasteiger partial charge >= 0.3 is 6.03 Å². The second-order valence-corrected chi connectivity index (χ2v) is 3.82. The fourth-order valence-electron chi connectivity index (χ4n) is 1.29. The summed E-state index contributed by atoms with van der Waals surface area (Å²) >= 11 is 0. The summed E-state index contributed by atoms with van der Waals surface area (Å²) in [6.07, 6.45) is 0.792. The van der Waals surface area contributed by atoms with E-state index in [-0.39, 0.29) is 18.1 Å². The van der Waals surface area contributed by atoms with E-state index in [2.05, 4.69) is 16.0 Å². The Kier molecular flexibility index (Phi) is 5.72. The van der Waals surface area contributed by atoms with Crippen molar-refractivity contribution < 1.29 is 18.4 Å². The predicted molar refractivity (Wildman–Crippen MR) is 66.7 cm³/mol. The minimum absolute atomic E-state index is 0.0241. The van der Waals surface area contributed by atoms with Crippen molar-refractivity contribution in [3.8, 4) is 0 Å². The number of carbonyl (C=O) groups is 2. The fraction of sp³-hybridized carbons (Fsp3) is 0.333. The molecule has 0 aliphatic rings. The van der Waals surface area contributed by atoms with Gasteiger partial charge in [0.05, 0.1) is 6.54 Å². The molecular formula is C12H15F2N3O2. The van der Waals surface area contributed by atoms with Crippen molar-refractivity contribution in [2.75, 3.05) is 18.4 Å². The molecule has 0 saturated heterocycles. The smallest absolute Gasteiger partial charge is 0.319 e. The molecule has 0 unspecified atom stereocenters. The molecule has 7 heteroatoms. The SMILES string of the molecule is CCCNC(=O)CNC(=O)Nc1cc(F)cc(F)c1. The van der Waals surface area contributed by atoms with Crippen molar-refractivity contribution in [1.82, 2.24) is 10.6 Å². The Hall–Kier alpha value is -2.18. The number of nitrogens with one attached hydrogen (secondary N) is 3. The van der Waals surface area contributed by atoms with Crippen LogP contribution in [0.4, 0.5) is 19.3 Å². The van der Waals surface area contributed by atoms with Gasteiger partial charge in [-0.1, -0.05) is 6.92 Å². The van der Waals surface area contributed by atoms with E-state index < -0.39 is 17.7 Å². The summed E-state index contributed by atoms with van der Waals surface area (Å²) in [6, 6.07) is 1.93. The second-order valence-electron chi connectivity index (χ2n) is 3.82. The Morgan fingerprint density at radius 1 is 1.11 bits per heavy atom. The van der Waals surface area contributed by atoms with Crippen LogP contribution in [0.1, 0.15) is 13.3 Å². The summed E-state index contributed by atoms with van der Waals surface area (Å²) in [5, 5.41) is 7.07. The third kappa shape index (κ3) is 5.80. The molecule has 0 fully saturated rings. The van der Waals surface area contributed by atoms with Crippen LogP contribution in [0.5, 0.6) is 0 Å². The van der Waals surface area contributed by atoms with E-state index in [4.69, 9.17) is 0 Å². The number of anilines is 1. The highest BCUT2D eigenvalue weighted by Crippen LogP contribution is 2.12. The number of carbonyl (C=O) groups excluding carboxylic acids is 2. The number of amides is 3. The standard InChI is InChI=1S/C12H15F2N3O2/c1-2-3-15-11(18)7-16-12(19)17-10-5-8(13)4-9(14)6-10/h4-6H,2-3,7H2,1H3,(H,15,18)(H2,16,17,19). The Morgan fingerprint density at radius 3 is 2.32 bits per heavy atom. The number of rotatable bonds is 5. The largest absolute Gasteiger partial charge is 0.355 e. The fourth-order valence-corrected chi connectivity index (χ4v) is 1.29. The Bertz CT molecular complexity index is 446. The van der Waals surface area contributed by atoms with E-state index in [9.17, 15) is 18.4 Å². The molecule has 0 spiro atoms. The molecule has 0 radical (unpaired) electrons. The second kappa shape index (κ2) is 7.30. The van der Waals surface area contributed by atoms with Gasteiger partial charge in [-0.3, -0.25) is 4.79 Å². The maximum absolute atomic E-state index is 12.9. The predicted octanol–water partition coefficient (Wildman–Crippen LogP) is 1.61. The summed E-state index contributed by atoms with van der Waals surface area (Å²) in [5.74, 6) is -1.92. The molecular weight excluding hydrogens is 256 g/mol. The first-order chi connectivity index (χ1) is 9.01. The van der Waals surface area contributed by atoms with Gasteiger partial charge < -0.3 is 16.0 Å². The normalized spacial score (nSPS) is 9.84. The Balaban J connectivity index is 2.40. The molecule has 0 aromatic heterocycles. The van der Waals surface area contributed by atoms with Gasteiger partial charge in [0, 0.05) is 18.3 Å². The topological polar surface area (TPSA) is 70.2 Å². The lowest BCUT2D eigenvalue weighted by molar-refractivity contribution is -0.120. The van der Waals surface area contributed by atoms with E-state index in [0.717, 1.165) is 18.6 Å². The quantitative estimate of drug-likeness (QED) is 0.761. The number of halogens is 2. The molecule has 0 heterocycles. The first-order valence-corrected chi connectivity index (χ1v) is 5.79. The van der Waals surface area contributed by atoms with Crippen molar-refractivity contribution in [3.63, 3.8) is 0 Å². The van der Waals surface area contributed by atoms with E-state index in [1.54, 1.807) is 0 Å². The molecule has 3 N–H and O–H groups in total. The molecule has 1 rings (SSSR count). The van der Waals surface area contributed by atoms with Crippen LogP contribution in [0.3, 0.4) is 0 Å². The number of hydrogen-bond acceptors (Lipinski definition) is 2. The number of urea groups is 1. The monoisotopic (exact) mass is 271 g/mol. The highest BCUT2D eigenvalue weighted by molar-refractivity contribution is 5.92. The zero-order valence-corrected chi connectivity index (χ0v) is 10.4. The lowest BCUT2D eigenvalue weighted by atomic mass is 10.3. The highest BCUT2D eigenvalue weighted by atomic mass is 19.1. The van der Waals surface area contributed by atoms with Crippen molar-refractivity contribution >= 4 is 17.6 Å². The van der Waals surface area contributed by atoms with Crippen LogP contribution in [0, 0.1) is 11.6 Å². The van der Waals surface area contributed by atoms with Gasteiger partial charge in [-0.2, -0.15) is 0 Å². The van der Waals surface area contributed by atoms with Crippen molar-refractivity contribution in [3.05, 3.63) is 29.8 Å². The molecule has 0 saturated carbocycles. The summed E-state index contributed by atoms with van der Waals surface area (Å²) in [5.41, 5.74) is -0.0241. The summed E-state index contributed by atoms with van der Waals surface area (Å²) in [7, 11) is 0. The Labute approximate surface area is 109 Å². The maximum atomic E-state index is 12.9. The average molecular weight is 271 g/mol. The van der Waals surface area contributed by atoms with Crippen molar-refractivity contribution in [2.45, 2.75) is 13.3 Å². The summed E-state index contributed by atoms with van der Waals surface area (Å²) in [6.45, 7) is 2.22. The van der Waals surface area contributed by atoms with Crippen LogP contribution in [0.15, 0.2) is 18.2 Å². The van der Waals surface area contributed by atoms with Crippen LogP contribution < -0.4 is 16.0 Å². The van der Waals surface area contributed by atoms with Gasteiger partial charge in [0.2, 0.25) is 5.91 Å². The molecule has 104 valence electrons. The third-order valence-corrected chi connectivity index (χ3v) is 2.10. The van der Waals surface area contributed by atoms with Crippen LogP contribution >= 0.6 is 0 Å². The molecule has 0 aliphatic heterocycles. The summed E-state index contributed by atoms with van der Waals surface area (Å²) < 4.78 is 25.7. The van der Waals surface area contributed by atoms with Gasteiger partial charge in [-0.05, 0) is 18.6 Å². The zero-order chi connectivity index (χ0) is 14.3. The van der Waals surface area contributed by atoms with Gasteiger partial charge in [-0.25, -0.2) is 13.6 Å². The van der Waals surface area contributed by atoms with Gasteiger partial charge in [0.25, 0.3) is 0 Å². The zero-order valence-electron chi connectivity index (χ0n) is 10.4. The highest BCUT2D eigenvalue weighted by Gasteiger charge is 2.06. The van der Waals surface area contributed by atoms with Crippen LogP contribution in [0.25, 0.3) is 0 Å². The third-order valence-electron chi connectivity index (χ3n) is 2.10. The molecule has 19 heavy (non-hydrogen) atoms. The van der Waals surface area contributed by atoms with Crippen LogP contribution in [0.2, 0.25) is 0 Å². The minimum Gasteiger partial charge on any atom is -0.355 e. The van der Waals surface area contributed by atoms with E-state index in [1.165, 1.54) is 0 Å². The van der Waals surface area contributed by atoms with Gasteiger partial charge in [0.1, 0.15) is 11.6 Å². The first kappa shape index (κ1) is 14.9. The molecule has 0 atom stereocenters. The van der Waals surface area contributed by atoms with Crippen molar-refractivity contribution in [1.29, 1.82) is 0 Å². The van der Waals surface area contributed by atoms with E-state index >= 15 is 0 Å². The molecule has 5 nitrogen and oxygen atoms in total. The molecule has 0 bridgehead atoms. The first-order valence-electron chi connectivity index (χ1n) is 5.79. The van der Waals surface area contributed by atoms with E-state index in [0.29, 0.717) is 12.6 Å². The number of benzene rings is 1. The van der Waals surface area contributed by atoms with Crippen molar-refractivity contribution in [2.24, 2.45) is 0 Å². The molecule has 1 aromatic rings. The minimum atomic E-state index is -0.795. The van der Waals surface area contributed by atoms with Crippen LogP contribution in [-0.2, 0) is 4.79 Å². The number of hydrogen-bond donors (Lipinski definition) is 3. The van der Waals surface area contributed by atoms with E-state index in [1.807, 2.05) is 6.92 Å². The molecule has 0 aliphatic carbocycles. The lowest BCUT2D eigenvalue weighted by Crippen LogP contribution is -2.39. The maximum Gasteiger partial charge on any atom is 0.319 e. The van der Waals surface area contributed by atoms with Gasteiger partial charge in [0.15, 0.2) is 0 Å². The summed E-state index contributed by atoms with van der Waals surface area (Å²) in [4.78, 5) is 22.6.